The van der Waals surface area contributed by atoms with E-state index in [-0.39, 0.29) is 12.4 Å². The standard InChI is InChI=1S/C10H14F3N3O/c11-10(12,13)7-15-8(17-16-7)9(6-14)4-2-1-3-5-9/h1-6,14H2. The van der Waals surface area contributed by atoms with E-state index in [1.807, 2.05) is 0 Å². The molecule has 0 saturated heterocycles. The normalized spacial score (nSPS) is 20.5. The molecule has 17 heavy (non-hydrogen) atoms. The summed E-state index contributed by atoms with van der Waals surface area (Å²) in [4.78, 5) is 3.47. The molecule has 1 heterocycles. The maximum absolute atomic E-state index is 12.4. The lowest BCUT2D eigenvalue weighted by atomic mass is 9.74. The maximum Gasteiger partial charge on any atom is 0.455 e. The lowest BCUT2D eigenvalue weighted by Gasteiger charge is -2.32. The summed E-state index contributed by atoms with van der Waals surface area (Å²) in [6, 6.07) is 0. The fourth-order valence-electron chi connectivity index (χ4n) is 2.29. The van der Waals surface area contributed by atoms with E-state index in [1.165, 1.54) is 0 Å². The molecule has 0 radical (unpaired) electrons. The third-order valence-electron chi connectivity index (χ3n) is 3.33. The molecule has 7 heteroatoms. The fourth-order valence-corrected chi connectivity index (χ4v) is 2.29. The summed E-state index contributed by atoms with van der Waals surface area (Å²) in [5, 5.41) is 2.99. The van der Waals surface area contributed by atoms with Crippen LogP contribution in [0.25, 0.3) is 0 Å². The Balaban J connectivity index is 2.28. The summed E-state index contributed by atoms with van der Waals surface area (Å²) in [7, 11) is 0. The van der Waals surface area contributed by atoms with Crippen molar-refractivity contribution in [2.75, 3.05) is 6.54 Å². The highest BCUT2D eigenvalue weighted by Crippen LogP contribution is 2.38. The molecule has 0 unspecified atom stereocenters. The molecule has 1 aliphatic rings. The Morgan fingerprint density at radius 2 is 1.88 bits per heavy atom. The molecule has 0 atom stereocenters. The highest BCUT2D eigenvalue weighted by Gasteiger charge is 2.42. The van der Waals surface area contributed by atoms with Crippen LogP contribution in [0.5, 0.6) is 0 Å². The zero-order chi connectivity index (χ0) is 12.5. The van der Waals surface area contributed by atoms with E-state index < -0.39 is 17.4 Å². The minimum Gasteiger partial charge on any atom is -0.338 e. The topological polar surface area (TPSA) is 64.9 Å². The summed E-state index contributed by atoms with van der Waals surface area (Å²) in [6.45, 7) is 0.243. The van der Waals surface area contributed by atoms with E-state index in [4.69, 9.17) is 10.3 Å². The molecule has 0 amide bonds. The molecule has 1 aromatic rings. The molecule has 1 aliphatic carbocycles. The lowest BCUT2D eigenvalue weighted by Crippen LogP contribution is -2.37. The minimum atomic E-state index is -4.56. The van der Waals surface area contributed by atoms with Gasteiger partial charge in [-0.1, -0.05) is 24.4 Å². The highest BCUT2D eigenvalue weighted by atomic mass is 19.4. The zero-order valence-electron chi connectivity index (χ0n) is 9.26. The van der Waals surface area contributed by atoms with Crippen molar-refractivity contribution in [3.63, 3.8) is 0 Å². The van der Waals surface area contributed by atoms with E-state index in [2.05, 4.69) is 10.1 Å². The van der Waals surface area contributed by atoms with Gasteiger partial charge in [0.1, 0.15) is 0 Å². The Kier molecular flexibility index (Phi) is 3.11. The predicted molar refractivity (Wildman–Crippen MR) is 53.1 cm³/mol. The average molecular weight is 249 g/mol. The van der Waals surface area contributed by atoms with Crippen LogP contribution >= 0.6 is 0 Å². The SMILES string of the molecule is NCC1(c2nc(C(F)(F)F)no2)CCCCC1. The van der Waals surface area contributed by atoms with Crippen molar-refractivity contribution >= 4 is 0 Å². The molecule has 1 saturated carbocycles. The highest BCUT2D eigenvalue weighted by molar-refractivity contribution is 5.08. The molecule has 4 nitrogen and oxygen atoms in total. The van der Waals surface area contributed by atoms with Crippen LogP contribution in [-0.2, 0) is 11.6 Å². The molecule has 0 aromatic carbocycles. The summed E-state index contributed by atoms with van der Waals surface area (Å²) in [5.41, 5.74) is 5.12. The molecule has 2 N–H and O–H groups in total. The summed E-state index contributed by atoms with van der Waals surface area (Å²) >= 11 is 0. The molecule has 0 aliphatic heterocycles. The molecule has 2 rings (SSSR count). The van der Waals surface area contributed by atoms with E-state index in [1.54, 1.807) is 0 Å². The van der Waals surface area contributed by atoms with Gasteiger partial charge < -0.3 is 10.3 Å². The van der Waals surface area contributed by atoms with Crippen LogP contribution < -0.4 is 5.73 Å². The third kappa shape index (κ3) is 2.29. The van der Waals surface area contributed by atoms with Gasteiger partial charge >= 0.3 is 6.18 Å². The van der Waals surface area contributed by atoms with Gasteiger partial charge in [-0.15, -0.1) is 0 Å². The zero-order valence-corrected chi connectivity index (χ0v) is 9.26. The van der Waals surface area contributed by atoms with Gasteiger partial charge in [0.05, 0.1) is 5.41 Å². The van der Waals surface area contributed by atoms with Crippen molar-refractivity contribution < 1.29 is 17.7 Å². The Morgan fingerprint density at radius 3 is 2.35 bits per heavy atom. The van der Waals surface area contributed by atoms with Crippen molar-refractivity contribution in [3.05, 3.63) is 11.7 Å². The van der Waals surface area contributed by atoms with Crippen molar-refractivity contribution in [3.8, 4) is 0 Å². The number of nitrogens with zero attached hydrogens (tertiary/aromatic N) is 2. The largest absolute Gasteiger partial charge is 0.455 e. The number of hydrogen-bond donors (Lipinski definition) is 1. The number of halogens is 3. The fraction of sp³-hybridized carbons (Fsp3) is 0.800. The van der Waals surface area contributed by atoms with E-state index in [0.29, 0.717) is 12.8 Å². The van der Waals surface area contributed by atoms with Crippen LogP contribution in [0.2, 0.25) is 0 Å². The van der Waals surface area contributed by atoms with Gasteiger partial charge in [0, 0.05) is 6.54 Å². The lowest BCUT2D eigenvalue weighted by molar-refractivity contribution is -0.146. The average Bonchev–Trinajstić information content (AvgIpc) is 2.79. The van der Waals surface area contributed by atoms with Crippen molar-refractivity contribution in [2.24, 2.45) is 5.73 Å². The minimum absolute atomic E-state index is 0.0343. The second-order valence-corrected chi connectivity index (χ2v) is 4.47. The number of aromatic nitrogens is 2. The van der Waals surface area contributed by atoms with Crippen molar-refractivity contribution in [2.45, 2.75) is 43.7 Å². The number of rotatable bonds is 2. The molecular weight excluding hydrogens is 235 g/mol. The Bertz CT molecular complexity index is 382. The number of hydrogen-bond acceptors (Lipinski definition) is 4. The molecular formula is C10H14F3N3O. The molecule has 1 fully saturated rings. The first-order chi connectivity index (χ1) is 7.98. The van der Waals surface area contributed by atoms with Gasteiger partial charge in [-0.2, -0.15) is 18.2 Å². The third-order valence-corrected chi connectivity index (χ3v) is 3.33. The summed E-state index contributed by atoms with van der Waals surface area (Å²) in [5.74, 6) is -1.18. The summed E-state index contributed by atoms with van der Waals surface area (Å²) < 4.78 is 41.9. The Labute approximate surface area is 96.4 Å². The maximum atomic E-state index is 12.4. The van der Waals surface area contributed by atoms with Crippen molar-refractivity contribution in [1.29, 1.82) is 0 Å². The monoisotopic (exact) mass is 249 g/mol. The van der Waals surface area contributed by atoms with Gasteiger partial charge in [0.25, 0.3) is 5.82 Å². The Morgan fingerprint density at radius 1 is 1.24 bits per heavy atom. The summed E-state index contributed by atoms with van der Waals surface area (Å²) in [6.07, 6.45) is -0.206. The van der Waals surface area contributed by atoms with Crippen LogP contribution in [0.3, 0.4) is 0 Å². The van der Waals surface area contributed by atoms with Gasteiger partial charge in [-0.05, 0) is 12.8 Å². The van der Waals surface area contributed by atoms with Crippen LogP contribution in [0.1, 0.15) is 43.8 Å². The second kappa shape index (κ2) is 4.29. The molecule has 0 spiro atoms. The number of alkyl halides is 3. The first kappa shape index (κ1) is 12.3. The van der Waals surface area contributed by atoms with Gasteiger partial charge in [-0.25, -0.2) is 0 Å². The molecule has 1 aromatic heterocycles. The smallest absolute Gasteiger partial charge is 0.338 e. The second-order valence-electron chi connectivity index (χ2n) is 4.47. The van der Waals surface area contributed by atoms with Crippen LogP contribution in [0, 0.1) is 0 Å². The molecule has 0 bridgehead atoms. The predicted octanol–water partition coefficient (Wildman–Crippen LogP) is 2.25. The number of nitrogens with two attached hydrogens (primary N) is 1. The van der Waals surface area contributed by atoms with Gasteiger partial charge in [0.2, 0.25) is 5.89 Å². The van der Waals surface area contributed by atoms with Gasteiger partial charge in [-0.3, -0.25) is 0 Å². The van der Waals surface area contributed by atoms with Crippen LogP contribution in [0.4, 0.5) is 13.2 Å². The van der Waals surface area contributed by atoms with Crippen molar-refractivity contribution in [1.82, 2.24) is 10.1 Å². The first-order valence-corrected chi connectivity index (χ1v) is 5.59. The quantitative estimate of drug-likeness (QED) is 0.873. The Hall–Kier alpha value is -1.11. The van der Waals surface area contributed by atoms with E-state index >= 15 is 0 Å². The van der Waals surface area contributed by atoms with E-state index in [0.717, 1.165) is 19.3 Å². The van der Waals surface area contributed by atoms with E-state index in [9.17, 15) is 13.2 Å². The molecule has 96 valence electrons. The van der Waals surface area contributed by atoms with Crippen LogP contribution in [-0.4, -0.2) is 16.7 Å². The van der Waals surface area contributed by atoms with Gasteiger partial charge in [0.15, 0.2) is 0 Å². The van der Waals surface area contributed by atoms with Crippen LogP contribution in [0.15, 0.2) is 4.52 Å². The first-order valence-electron chi connectivity index (χ1n) is 5.59.